The van der Waals surface area contributed by atoms with Gasteiger partial charge in [0.1, 0.15) is 5.82 Å². The van der Waals surface area contributed by atoms with Crippen LogP contribution in [0.4, 0.5) is 13.2 Å². The highest BCUT2D eigenvalue weighted by molar-refractivity contribution is 5.76. The van der Waals surface area contributed by atoms with E-state index < -0.39 is 24.9 Å². The molecule has 0 aliphatic rings. The van der Waals surface area contributed by atoms with Gasteiger partial charge in [-0.25, -0.2) is 4.98 Å². The fourth-order valence-corrected chi connectivity index (χ4v) is 1.58. The Morgan fingerprint density at radius 2 is 2.21 bits per heavy atom. The van der Waals surface area contributed by atoms with Gasteiger partial charge in [-0.2, -0.15) is 13.2 Å². The van der Waals surface area contributed by atoms with Crippen LogP contribution in [0.15, 0.2) is 6.20 Å². The van der Waals surface area contributed by atoms with Crippen LogP contribution in [0, 0.1) is 6.92 Å². The number of H-pyrrole nitrogens is 1. The van der Waals surface area contributed by atoms with Gasteiger partial charge in [0.2, 0.25) is 5.91 Å². The monoisotopic (exact) mass is 279 g/mol. The largest absolute Gasteiger partial charge is 0.395 e. The number of amides is 1. The van der Waals surface area contributed by atoms with Crippen molar-refractivity contribution in [3.05, 3.63) is 17.7 Å². The smallest absolute Gasteiger partial charge is 0.389 e. The molecule has 1 amide bonds. The molecule has 0 fully saturated rings. The third kappa shape index (κ3) is 5.73. The lowest BCUT2D eigenvalue weighted by atomic mass is 10.2. The molecule has 0 saturated carbocycles. The normalized spacial score (nSPS) is 11.6. The highest BCUT2D eigenvalue weighted by Gasteiger charge is 2.29. The van der Waals surface area contributed by atoms with E-state index in [0.717, 1.165) is 0 Å². The van der Waals surface area contributed by atoms with E-state index in [-0.39, 0.29) is 19.7 Å². The number of aliphatic hydroxyl groups is 1. The molecule has 0 radical (unpaired) electrons. The number of hydrogen-bond acceptors (Lipinski definition) is 3. The van der Waals surface area contributed by atoms with E-state index in [0.29, 0.717) is 11.5 Å². The number of imidazole rings is 1. The molecule has 0 atom stereocenters. The first-order chi connectivity index (χ1) is 8.81. The second kappa shape index (κ2) is 6.55. The molecule has 0 saturated heterocycles. The Balaban J connectivity index is 2.58. The summed E-state index contributed by atoms with van der Waals surface area (Å²) in [5.74, 6) is 0.0142. The summed E-state index contributed by atoms with van der Waals surface area (Å²) in [5.41, 5.74) is 0.617. The number of halogens is 3. The molecule has 0 aliphatic carbocycles. The number of rotatable bonds is 6. The minimum atomic E-state index is -4.36. The Bertz CT molecular complexity index is 418. The summed E-state index contributed by atoms with van der Waals surface area (Å²) >= 11 is 0. The Morgan fingerprint density at radius 3 is 2.68 bits per heavy atom. The van der Waals surface area contributed by atoms with Gasteiger partial charge < -0.3 is 15.0 Å². The average Bonchev–Trinajstić information content (AvgIpc) is 2.70. The molecular formula is C11H16F3N3O2. The minimum absolute atomic E-state index is 0.00520. The van der Waals surface area contributed by atoms with Crippen LogP contribution in [0.1, 0.15) is 24.4 Å². The van der Waals surface area contributed by atoms with Crippen molar-refractivity contribution in [1.29, 1.82) is 0 Å². The summed E-state index contributed by atoms with van der Waals surface area (Å²) in [6, 6.07) is 0. The molecule has 0 aliphatic heterocycles. The fraction of sp³-hybridized carbons (Fsp3) is 0.636. The van der Waals surface area contributed by atoms with Crippen LogP contribution in [0.25, 0.3) is 0 Å². The summed E-state index contributed by atoms with van der Waals surface area (Å²) in [6.07, 6.45) is -4.62. The molecule has 8 heteroatoms. The van der Waals surface area contributed by atoms with Crippen molar-refractivity contribution in [3.63, 3.8) is 0 Å². The molecule has 2 N–H and O–H groups in total. The molecule has 5 nitrogen and oxygen atoms in total. The van der Waals surface area contributed by atoms with Gasteiger partial charge in [-0.05, 0) is 6.92 Å². The van der Waals surface area contributed by atoms with Gasteiger partial charge in [-0.1, -0.05) is 0 Å². The van der Waals surface area contributed by atoms with Crippen molar-refractivity contribution in [2.24, 2.45) is 0 Å². The summed E-state index contributed by atoms with van der Waals surface area (Å²) in [6.45, 7) is 1.53. The summed E-state index contributed by atoms with van der Waals surface area (Å²) < 4.78 is 36.2. The molecule has 0 spiro atoms. The lowest BCUT2D eigenvalue weighted by molar-refractivity contribution is -0.149. The van der Waals surface area contributed by atoms with Gasteiger partial charge in [0.15, 0.2) is 0 Å². The second-order valence-electron chi connectivity index (χ2n) is 4.15. The highest BCUT2D eigenvalue weighted by Crippen LogP contribution is 2.22. The molecule has 1 heterocycles. The maximum Gasteiger partial charge on any atom is 0.389 e. The van der Waals surface area contributed by atoms with Gasteiger partial charge in [0.25, 0.3) is 0 Å². The van der Waals surface area contributed by atoms with Crippen LogP contribution in [0.3, 0.4) is 0 Å². The molecule has 0 aromatic carbocycles. The van der Waals surface area contributed by atoms with Gasteiger partial charge in [0, 0.05) is 13.0 Å². The van der Waals surface area contributed by atoms with Gasteiger partial charge in [-0.15, -0.1) is 0 Å². The number of carbonyl (C=O) groups excluding carboxylic acids is 1. The highest BCUT2D eigenvalue weighted by atomic mass is 19.4. The lowest BCUT2D eigenvalue weighted by Crippen LogP contribution is -2.33. The predicted molar refractivity (Wildman–Crippen MR) is 61.1 cm³/mol. The quantitative estimate of drug-likeness (QED) is 0.826. The Morgan fingerprint density at radius 1 is 1.53 bits per heavy atom. The standard InChI is InChI=1S/C11H16F3N3O2/c1-8-15-6-9(16-8)7-17(4-5-18)10(19)2-3-11(12,13)14/h6,18H,2-5,7H2,1H3,(H,15,16). The third-order valence-electron chi connectivity index (χ3n) is 2.46. The van der Waals surface area contributed by atoms with Crippen LogP contribution in [-0.4, -0.2) is 45.2 Å². The molecule has 1 aromatic heterocycles. The Hall–Kier alpha value is -1.57. The average molecular weight is 279 g/mol. The first-order valence-corrected chi connectivity index (χ1v) is 5.77. The number of aromatic amines is 1. The van der Waals surface area contributed by atoms with Crippen molar-refractivity contribution in [2.45, 2.75) is 32.5 Å². The fourth-order valence-electron chi connectivity index (χ4n) is 1.58. The molecule has 1 rings (SSSR count). The number of aliphatic hydroxyl groups excluding tert-OH is 1. The number of aryl methyl sites for hydroxylation is 1. The SMILES string of the molecule is Cc1ncc(CN(CCO)C(=O)CCC(F)(F)F)[nH]1. The van der Waals surface area contributed by atoms with Crippen molar-refractivity contribution in [3.8, 4) is 0 Å². The molecule has 0 unspecified atom stereocenters. The topological polar surface area (TPSA) is 69.2 Å². The number of hydrogen-bond donors (Lipinski definition) is 2. The Labute approximate surface area is 108 Å². The predicted octanol–water partition coefficient (Wildman–Crippen LogP) is 1.38. The summed E-state index contributed by atoms with van der Waals surface area (Å²) in [4.78, 5) is 19.7. The van der Waals surface area contributed by atoms with Crippen molar-refractivity contribution in [1.82, 2.24) is 14.9 Å². The maximum atomic E-state index is 12.1. The summed E-state index contributed by atoms with van der Waals surface area (Å²) in [5, 5.41) is 8.85. The van der Waals surface area contributed by atoms with Gasteiger partial charge >= 0.3 is 6.18 Å². The van der Waals surface area contributed by atoms with E-state index in [4.69, 9.17) is 5.11 Å². The van der Waals surface area contributed by atoms with Crippen molar-refractivity contribution in [2.75, 3.05) is 13.2 Å². The number of aromatic nitrogens is 2. The van der Waals surface area contributed by atoms with Crippen molar-refractivity contribution < 1.29 is 23.1 Å². The van der Waals surface area contributed by atoms with Crippen LogP contribution in [0.5, 0.6) is 0 Å². The van der Waals surface area contributed by atoms with Crippen LogP contribution >= 0.6 is 0 Å². The van der Waals surface area contributed by atoms with E-state index >= 15 is 0 Å². The lowest BCUT2D eigenvalue weighted by Gasteiger charge is -2.21. The third-order valence-corrected chi connectivity index (χ3v) is 2.46. The van der Waals surface area contributed by atoms with E-state index in [9.17, 15) is 18.0 Å². The Kier molecular flexibility index (Phi) is 5.34. The molecule has 19 heavy (non-hydrogen) atoms. The number of nitrogens with zero attached hydrogens (tertiary/aromatic N) is 2. The molecule has 0 bridgehead atoms. The van der Waals surface area contributed by atoms with E-state index in [1.165, 1.54) is 11.1 Å². The molecule has 108 valence electrons. The second-order valence-corrected chi connectivity index (χ2v) is 4.15. The number of nitrogens with one attached hydrogen (secondary N) is 1. The zero-order chi connectivity index (χ0) is 14.5. The van der Waals surface area contributed by atoms with Crippen molar-refractivity contribution >= 4 is 5.91 Å². The first-order valence-electron chi connectivity index (χ1n) is 5.77. The van der Waals surface area contributed by atoms with Gasteiger partial charge in [-0.3, -0.25) is 4.79 Å². The van der Waals surface area contributed by atoms with Gasteiger partial charge in [0.05, 0.1) is 31.5 Å². The van der Waals surface area contributed by atoms with E-state index in [1.807, 2.05) is 0 Å². The zero-order valence-corrected chi connectivity index (χ0v) is 10.5. The number of alkyl halides is 3. The summed E-state index contributed by atoms with van der Waals surface area (Å²) in [7, 11) is 0. The van der Waals surface area contributed by atoms with Crippen LogP contribution in [-0.2, 0) is 11.3 Å². The van der Waals surface area contributed by atoms with E-state index in [2.05, 4.69) is 9.97 Å². The molecule has 1 aromatic rings. The first kappa shape index (κ1) is 15.5. The van der Waals surface area contributed by atoms with Crippen LogP contribution in [0.2, 0.25) is 0 Å². The van der Waals surface area contributed by atoms with E-state index in [1.54, 1.807) is 6.92 Å². The number of carbonyl (C=O) groups is 1. The maximum absolute atomic E-state index is 12.1. The molecular weight excluding hydrogens is 263 g/mol. The zero-order valence-electron chi connectivity index (χ0n) is 10.5. The van der Waals surface area contributed by atoms with Crippen LogP contribution < -0.4 is 0 Å². The minimum Gasteiger partial charge on any atom is -0.395 e.